The minimum Gasteiger partial charge on any atom is -0.497 e. The first-order chi connectivity index (χ1) is 18.2. The van der Waals surface area contributed by atoms with Crippen LogP contribution in [0.4, 0.5) is 5.69 Å². The summed E-state index contributed by atoms with van der Waals surface area (Å²) in [7, 11) is 1.60. The van der Waals surface area contributed by atoms with Crippen LogP contribution in [0.5, 0.6) is 5.75 Å². The summed E-state index contributed by atoms with van der Waals surface area (Å²) in [6.45, 7) is 6.62. The second kappa shape index (κ2) is 8.33. The number of benzene rings is 2. The Bertz CT molecular complexity index is 1500. The molecule has 2 bridgehead atoms. The average molecular weight is 547 g/mol. The van der Waals surface area contributed by atoms with Crippen molar-refractivity contribution in [2.45, 2.75) is 48.8 Å². The number of H-pyrrole nitrogens is 1. The molecule has 4 aliphatic rings. The lowest BCUT2D eigenvalue weighted by Gasteiger charge is -2.43. The van der Waals surface area contributed by atoms with Crippen molar-refractivity contribution in [1.29, 1.82) is 0 Å². The molecule has 1 saturated heterocycles. The molecule has 1 aromatic heterocycles. The molecule has 38 heavy (non-hydrogen) atoms. The number of nitrogens with zero attached hydrogens (tertiary/aromatic N) is 1. The zero-order chi connectivity index (χ0) is 26.5. The SMILES string of the molecule is COc1ccc(N2C(=O)C3C(C2=O)[C@@H]2C[C@H]3C3Sc4[nH]c(=O)sc4C(c4ccc(C(C)(C)C)cc4)C32)cc1. The van der Waals surface area contributed by atoms with Crippen molar-refractivity contribution in [3.05, 3.63) is 74.2 Å². The van der Waals surface area contributed by atoms with Crippen LogP contribution in [0.2, 0.25) is 0 Å². The zero-order valence-corrected chi connectivity index (χ0v) is 23.4. The number of aromatic amines is 1. The fraction of sp³-hybridized carbons (Fsp3) is 0.433. The Morgan fingerprint density at radius 2 is 1.58 bits per heavy atom. The van der Waals surface area contributed by atoms with Crippen molar-refractivity contribution in [3.63, 3.8) is 0 Å². The number of imide groups is 1. The van der Waals surface area contributed by atoms with Gasteiger partial charge >= 0.3 is 4.87 Å². The number of thiazole rings is 1. The number of thioether (sulfide) groups is 1. The fourth-order valence-corrected chi connectivity index (χ4v) is 10.5. The van der Waals surface area contributed by atoms with Crippen LogP contribution in [0.25, 0.3) is 0 Å². The third-order valence-corrected chi connectivity index (χ3v) is 11.8. The molecular weight excluding hydrogens is 516 g/mol. The maximum Gasteiger partial charge on any atom is 0.305 e. The molecule has 5 unspecified atom stereocenters. The van der Waals surface area contributed by atoms with E-state index in [4.69, 9.17) is 4.74 Å². The highest BCUT2D eigenvalue weighted by atomic mass is 32.2. The number of carbonyl (C=O) groups excluding carboxylic acids is 2. The number of hydrogen-bond acceptors (Lipinski definition) is 6. The van der Waals surface area contributed by atoms with E-state index in [1.807, 2.05) is 0 Å². The van der Waals surface area contributed by atoms with Crippen LogP contribution < -0.4 is 14.5 Å². The quantitative estimate of drug-likeness (QED) is 0.444. The van der Waals surface area contributed by atoms with E-state index >= 15 is 0 Å². The van der Waals surface area contributed by atoms with Gasteiger partial charge in [-0.05, 0) is 65.0 Å². The molecule has 0 radical (unpaired) electrons. The average Bonchev–Trinajstić information content (AvgIpc) is 3.62. The van der Waals surface area contributed by atoms with Gasteiger partial charge in [0.15, 0.2) is 0 Å². The Labute approximate surface area is 229 Å². The van der Waals surface area contributed by atoms with Crippen molar-refractivity contribution >= 4 is 40.6 Å². The number of fused-ring (bicyclic) bond motifs is 9. The number of anilines is 1. The Balaban J connectivity index is 1.29. The van der Waals surface area contributed by atoms with Crippen molar-refractivity contribution in [2.75, 3.05) is 12.0 Å². The predicted octanol–water partition coefficient (Wildman–Crippen LogP) is 5.42. The van der Waals surface area contributed by atoms with Gasteiger partial charge in [-0.2, -0.15) is 0 Å². The van der Waals surface area contributed by atoms with Crippen LogP contribution in [0, 0.1) is 29.6 Å². The third-order valence-electron chi connectivity index (χ3n) is 9.19. The van der Waals surface area contributed by atoms with E-state index in [0.29, 0.717) is 11.4 Å². The topological polar surface area (TPSA) is 79.5 Å². The predicted molar refractivity (Wildman–Crippen MR) is 149 cm³/mol. The number of aromatic nitrogens is 1. The Kier molecular flexibility index (Phi) is 5.31. The minimum absolute atomic E-state index is 0.0378. The molecule has 3 heterocycles. The summed E-state index contributed by atoms with van der Waals surface area (Å²) in [5.41, 5.74) is 3.13. The van der Waals surface area contributed by atoms with E-state index in [1.54, 1.807) is 43.1 Å². The number of ether oxygens (including phenoxy) is 1. The zero-order valence-electron chi connectivity index (χ0n) is 21.8. The van der Waals surface area contributed by atoms with Gasteiger partial charge in [0, 0.05) is 16.0 Å². The van der Waals surface area contributed by atoms with Gasteiger partial charge < -0.3 is 9.72 Å². The lowest BCUT2D eigenvalue weighted by atomic mass is 9.68. The summed E-state index contributed by atoms with van der Waals surface area (Å²) in [6, 6.07) is 16.0. The van der Waals surface area contributed by atoms with Crippen LogP contribution in [0.1, 0.15) is 49.1 Å². The number of carbonyl (C=O) groups is 2. The van der Waals surface area contributed by atoms with Crippen LogP contribution >= 0.6 is 23.1 Å². The van der Waals surface area contributed by atoms with Gasteiger partial charge in [0.1, 0.15) is 5.75 Å². The highest BCUT2D eigenvalue weighted by molar-refractivity contribution is 8.00. The molecule has 3 aromatic rings. The molecule has 2 saturated carbocycles. The second-order valence-corrected chi connectivity index (χ2v) is 14.2. The summed E-state index contributed by atoms with van der Waals surface area (Å²) < 4.78 is 5.26. The van der Waals surface area contributed by atoms with Crippen molar-refractivity contribution < 1.29 is 14.3 Å². The monoisotopic (exact) mass is 546 g/mol. The summed E-state index contributed by atoms with van der Waals surface area (Å²) in [6.07, 6.45) is 0.890. The van der Waals surface area contributed by atoms with Crippen molar-refractivity contribution in [2.24, 2.45) is 29.6 Å². The number of rotatable bonds is 3. The Hall–Kier alpha value is -2.84. The van der Waals surface area contributed by atoms with Crippen molar-refractivity contribution in [3.8, 4) is 5.75 Å². The van der Waals surface area contributed by atoms with E-state index in [9.17, 15) is 14.4 Å². The van der Waals surface area contributed by atoms with Crippen LogP contribution in [0.3, 0.4) is 0 Å². The normalized spacial score (nSPS) is 31.4. The van der Waals surface area contributed by atoms with Gasteiger partial charge in [-0.3, -0.25) is 19.3 Å². The molecule has 2 amide bonds. The molecule has 196 valence electrons. The number of hydrogen-bond donors (Lipinski definition) is 1. The maximum atomic E-state index is 13.9. The number of methoxy groups -OCH3 is 1. The Morgan fingerprint density at radius 3 is 2.21 bits per heavy atom. The molecule has 2 aliphatic carbocycles. The smallest absolute Gasteiger partial charge is 0.305 e. The third kappa shape index (κ3) is 3.35. The van der Waals surface area contributed by atoms with E-state index < -0.39 is 0 Å². The first-order valence-electron chi connectivity index (χ1n) is 13.2. The highest BCUT2D eigenvalue weighted by Crippen LogP contribution is 2.68. The molecule has 8 heteroatoms. The molecule has 0 spiro atoms. The van der Waals surface area contributed by atoms with E-state index in [1.165, 1.54) is 27.4 Å². The molecular formula is C30H30N2O4S2. The van der Waals surface area contributed by atoms with Crippen LogP contribution in [-0.2, 0) is 15.0 Å². The molecule has 7 atom stereocenters. The molecule has 2 aliphatic heterocycles. The minimum atomic E-state index is -0.301. The first-order valence-corrected chi connectivity index (χ1v) is 14.9. The molecule has 6 nitrogen and oxygen atoms in total. The van der Waals surface area contributed by atoms with Gasteiger partial charge in [-0.1, -0.05) is 56.4 Å². The van der Waals surface area contributed by atoms with E-state index in [0.717, 1.165) is 16.3 Å². The lowest BCUT2D eigenvalue weighted by Crippen LogP contribution is -2.42. The van der Waals surface area contributed by atoms with E-state index in [-0.39, 0.29) is 62.9 Å². The van der Waals surface area contributed by atoms with Gasteiger partial charge in [-0.25, -0.2) is 0 Å². The summed E-state index contributed by atoms with van der Waals surface area (Å²) in [4.78, 5) is 45.7. The molecule has 1 N–H and O–H groups in total. The second-order valence-electron chi connectivity index (χ2n) is 12.0. The molecule has 2 aromatic carbocycles. The standard InChI is InChI=1S/C30H30N2O4S2/c1-30(2,3)15-7-5-14(6-8-15)20-21-18-13-19(24(21)37-26-25(20)38-29(35)31-26)23-22(18)27(33)32(28(23)34)16-9-11-17(36-4)12-10-16/h5-12,18-24H,13H2,1-4H3,(H,31,35)/t18-,19-,20?,21?,22?,23?,24?/m1/s1. The lowest BCUT2D eigenvalue weighted by molar-refractivity contribution is -0.123. The summed E-state index contributed by atoms with van der Waals surface area (Å²) >= 11 is 3.03. The largest absolute Gasteiger partial charge is 0.497 e. The highest BCUT2D eigenvalue weighted by Gasteiger charge is 2.69. The fourth-order valence-electron chi connectivity index (χ4n) is 7.57. The van der Waals surface area contributed by atoms with Crippen LogP contribution in [-0.4, -0.2) is 29.2 Å². The van der Waals surface area contributed by atoms with Gasteiger partial charge in [0.25, 0.3) is 0 Å². The van der Waals surface area contributed by atoms with Gasteiger partial charge in [-0.15, -0.1) is 11.8 Å². The summed E-state index contributed by atoms with van der Waals surface area (Å²) in [5.74, 6) is 0.428. The van der Waals surface area contributed by atoms with E-state index in [2.05, 4.69) is 50.0 Å². The van der Waals surface area contributed by atoms with Gasteiger partial charge in [0.2, 0.25) is 11.8 Å². The van der Waals surface area contributed by atoms with Crippen molar-refractivity contribution in [1.82, 2.24) is 4.98 Å². The number of amides is 2. The summed E-state index contributed by atoms with van der Waals surface area (Å²) in [5, 5.41) is 1.14. The molecule has 3 fully saturated rings. The first kappa shape index (κ1) is 24.2. The molecule has 7 rings (SSSR count). The number of nitrogens with one attached hydrogen (secondary N) is 1. The Morgan fingerprint density at radius 1 is 0.921 bits per heavy atom. The van der Waals surface area contributed by atoms with Gasteiger partial charge in [0.05, 0.1) is 29.7 Å². The maximum absolute atomic E-state index is 13.9. The van der Waals surface area contributed by atoms with Crippen LogP contribution in [0.15, 0.2) is 58.4 Å².